The summed E-state index contributed by atoms with van der Waals surface area (Å²) in [5.41, 5.74) is 9.02. The molecule has 1 fully saturated rings. The highest BCUT2D eigenvalue weighted by molar-refractivity contribution is 5.92. The van der Waals surface area contributed by atoms with Gasteiger partial charge in [0.1, 0.15) is 6.04 Å². The van der Waals surface area contributed by atoms with Crippen LogP contribution in [0.15, 0.2) is 42.6 Å². The number of piperidine rings is 1. The van der Waals surface area contributed by atoms with E-state index in [-0.39, 0.29) is 11.9 Å². The van der Waals surface area contributed by atoms with Crippen molar-refractivity contribution in [2.75, 3.05) is 23.7 Å². The molecule has 2 aliphatic heterocycles. The highest BCUT2D eigenvalue weighted by Gasteiger charge is 2.40. The lowest BCUT2D eigenvalue weighted by Gasteiger charge is -2.38. The van der Waals surface area contributed by atoms with Gasteiger partial charge in [-0.05, 0) is 42.0 Å². The number of aromatic nitrogens is 1. The molecular formula is C21H26N4O. The molecule has 2 unspecified atom stereocenters. The van der Waals surface area contributed by atoms with Crippen molar-refractivity contribution in [3.63, 3.8) is 0 Å². The minimum atomic E-state index is -0.276. The first-order valence-electron chi connectivity index (χ1n) is 9.41. The Morgan fingerprint density at radius 1 is 1.12 bits per heavy atom. The molecule has 5 heteroatoms. The van der Waals surface area contributed by atoms with Gasteiger partial charge < -0.3 is 15.5 Å². The van der Waals surface area contributed by atoms with Crippen molar-refractivity contribution in [1.82, 2.24) is 9.88 Å². The summed E-state index contributed by atoms with van der Waals surface area (Å²) in [6, 6.07) is 11.6. The number of amides is 1. The number of hydrogen-bond acceptors (Lipinski definition) is 4. The number of para-hydroxylation sites is 1. The van der Waals surface area contributed by atoms with Crippen molar-refractivity contribution in [3.05, 3.63) is 48.2 Å². The summed E-state index contributed by atoms with van der Waals surface area (Å²) in [4.78, 5) is 22.0. The van der Waals surface area contributed by atoms with Crippen LogP contribution in [0.2, 0.25) is 0 Å². The number of nitrogen functional groups attached to an aromatic ring is 1. The van der Waals surface area contributed by atoms with E-state index in [9.17, 15) is 4.79 Å². The van der Waals surface area contributed by atoms with E-state index in [0.29, 0.717) is 29.8 Å². The summed E-state index contributed by atoms with van der Waals surface area (Å²) < 4.78 is 0. The number of hydrogen-bond donors (Lipinski definition) is 1. The summed E-state index contributed by atoms with van der Waals surface area (Å²) in [6.07, 6.45) is 3.62. The smallest absolute Gasteiger partial charge is 0.246 e. The first kappa shape index (κ1) is 16.9. The van der Waals surface area contributed by atoms with Gasteiger partial charge in [0.05, 0.1) is 5.69 Å². The fourth-order valence-electron chi connectivity index (χ4n) is 4.51. The lowest BCUT2D eigenvalue weighted by Crippen LogP contribution is -2.51. The van der Waals surface area contributed by atoms with Crippen molar-refractivity contribution in [2.24, 2.45) is 11.8 Å². The Hall–Kier alpha value is -2.56. The molecule has 136 valence electrons. The molecule has 0 saturated carbocycles. The SMILES string of the molecule is CC1CC(C)CN(C(=O)[C@@H]2Cc3ccccc3N2c2ncccc2N)C1. The largest absolute Gasteiger partial charge is 0.396 e. The number of anilines is 3. The van der Waals surface area contributed by atoms with Gasteiger partial charge in [0.15, 0.2) is 5.82 Å². The second-order valence-corrected chi connectivity index (χ2v) is 7.82. The predicted molar refractivity (Wildman–Crippen MR) is 104 cm³/mol. The molecule has 4 rings (SSSR count). The van der Waals surface area contributed by atoms with E-state index >= 15 is 0 Å². The van der Waals surface area contributed by atoms with E-state index in [4.69, 9.17) is 5.73 Å². The van der Waals surface area contributed by atoms with Crippen molar-refractivity contribution >= 4 is 23.1 Å². The molecule has 26 heavy (non-hydrogen) atoms. The van der Waals surface area contributed by atoms with Crippen LogP contribution in [0.3, 0.4) is 0 Å². The van der Waals surface area contributed by atoms with Crippen LogP contribution in [0.4, 0.5) is 17.2 Å². The van der Waals surface area contributed by atoms with Crippen LogP contribution in [0.1, 0.15) is 25.8 Å². The van der Waals surface area contributed by atoms with E-state index in [1.165, 1.54) is 12.0 Å². The molecule has 3 heterocycles. The number of rotatable bonds is 2. The first-order valence-corrected chi connectivity index (χ1v) is 9.41. The maximum absolute atomic E-state index is 13.5. The van der Waals surface area contributed by atoms with E-state index in [1.807, 2.05) is 34.1 Å². The topological polar surface area (TPSA) is 62.5 Å². The van der Waals surface area contributed by atoms with Crippen molar-refractivity contribution in [3.8, 4) is 0 Å². The average Bonchev–Trinajstić information content (AvgIpc) is 3.00. The first-order chi connectivity index (χ1) is 12.5. The van der Waals surface area contributed by atoms with Crippen molar-refractivity contribution in [2.45, 2.75) is 32.7 Å². The minimum Gasteiger partial charge on any atom is -0.396 e. The number of benzene rings is 1. The molecule has 5 nitrogen and oxygen atoms in total. The summed E-state index contributed by atoms with van der Waals surface area (Å²) in [5, 5.41) is 0. The molecule has 2 N–H and O–H groups in total. The Labute approximate surface area is 154 Å². The van der Waals surface area contributed by atoms with E-state index in [0.717, 1.165) is 18.8 Å². The molecule has 2 aliphatic rings. The quantitative estimate of drug-likeness (QED) is 0.903. The zero-order valence-electron chi connectivity index (χ0n) is 15.4. The third kappa shape index (κ3) is 2.91. The third-order valence-corrected chi connectivity index (χ3v) is 5.49. The van der Waals surface area contributed by atoms with Crippen LogP contribution in [0.5, 0.6) is 0 Å². The number of pyridine rings is 1. The lowest BCUT2D eigenvalue weighted by molar-refractivity contribution is -0.135. The van der Waals surface area contributed by atoms with Crippen LogP contribution in [0.25, 0.3) is 0 Å². The van der Waals surface area contributed by atoms with Gasteiger partial charge in [-0.1, -0.05) is 32.0 Å². The molecule has 1 aromatic heterocycles. The Kier molecular flexibility index (Phi) is 4.31. The zero-order valence-corrected chi connectivity index (χ0v) is 15.4. The van der Waals surface area contributed by atoms with Gasteiger partial charge >= 0.3 is 0 Å². The van der Waals surface area contributed by atoms with E-state index < -0.39 is 0 Å². The molecule has 3 atom stereocenters. The molecule has 0 aliphatic carbocycles. The van der Waals surface area contributed by atoms with Gasteiger partial charge in [0.2, 0.25) is 5.91 Å². The summed E-state index contributed by atoms with van der Waals surface area (Å²) in [7, 11) is 0. The molecule has 1 aromatic carbocycles. The normalized spacial score (nSPS) is 25.2. The average molecular weight is 350 g/mol. The molecule has 1 saturated heterocycles. The standard InChI is InChI=1S/C21H26N4O/c1-14-10-15(2)13-24(12-14)21(26)19-11-16-6-3-4-8-18(16)25(19)20-17(22)7-5-9-23-20/h3-9,14-15,19H,10-13,22H2,1-2H3/t14?,15?,19-/m0/s1. The molecule has 0 spiro atoms. The zero-order chi connectivity index (χ0) is 18.3. The summed E-state index contributed by atoms with van der Waals surface area (Å²) in [5.74, 6) is 1.94. The maximum atomic E-state index is 13.5. The van der Waals surface area contributed by atoms with Crippen molar-refractivity contribution in [1.29, 1.82) is 0 Å². The minimum absolute atomic E-state index is 0.185. The van der Waals surface area contributed by atoms with Crippen molar-refractivity contribution < 1.29 is 4.79 Å². The number of nitrogens with two attached hydrogens (primary N) is 1. The van der Waals surface area contributed by atoms with Crippen LogP contribution in [-0.2, 0) is 11.2 Å². The number of carbonyl (C=O) groups excluding carboxylic acids is 1. The number of fused-ring (bicyclic) bond motifs is 1. The second kappa shape index (κ2) is 6.63. The Morgan fingerprint density at radius 3 is 2.58 bits per heavy atom. The van der Waals surface area contributed by atoms with Gasteiger partial charge in [-0.3, -0.25) is 4.79 Å². The predicted octanol–water partition coefficient (Wildman–Crippen LogP) is 3.23. The van der Waals surface area contributed by atoms with Gasteiger partial charge in [-0.15, -0.1) is 0 Å². The highest BCUT2D eigenvalue weighted by atomic mass is 16.2. The van der Waals surface area contributed by atoms with Gasteiger partial charge in [0.25, 0.3) is 0 Å². The van der Waals surface area contributed by atoms with Gasteiger partial charge in [0, 0.05) is 31.4 Å². The lowest BCUT2D eigenvalue weighted by atomic mass is 9.91. The fourth-order valence-corrected chi connectivity index (χ4v) is 4.51. The summed E-state index contributed by atoms with van der Waals surface area (Å²) in [6.45, 7) is 6.13. The fraction of sp³-hybridized carbons (Fsp3) is 0.429. The van der Waals surface area contributed by atoms with Crippen LogP contribution in [0, 0.1) is 11.8 Å². The van der Waals surface area contributed by atoms with E-state index in [1.54, 1.807) is 6.20 Å². The van der Waals surface area contributed by atoms with Crippen LogP contribution in [-0.4, -0.2) is 34.9 Å². The monoisotopic (exact) mass is 350 g/mol. The Morgan fingerprint density at radius 2 is 1.85 bits per heavy atom. The van der Waals surface area contributed by atoms with Crippen LogP contribution >= 0.6 is 0 Å². The van der Waals surface area contributed by atoms with Gasteiger partial charge in [-0.2, -0.15) is 0 Å². The van der Waals surface area contributed by atoms with Crippen LogP contribution < -0.4 is 10.6 Å². The second-order valence-electron chi connectivity index (χ2n) is 7.82. The third-order valence-electron chi connectivity index (χ3n) is 5.49. The molecule has 0 radical (unpaired) electrons. The summed E-state index contributed by atoms with van der Waals surface area (Å²) >= 11 is 0. The highest BCUT2D eigenvalue weighted by Crippen LogP contribution is 2.40. The number of carbonyl (C=O) groups is 1. The number of nitrogens with zero attached hydrogens (tertiary/aromatic N) is 3. The van der Waals surface area contributed by atoms with E-state index in [2.05, 4.69) is 31.0 Å². The maximum Gasteiger partial charge on any atom is 0.246 e. The molecule has 1 amide bonds. The van der Waals surface area contributed by atoms with Gasteiger partial charge in [-0.25, -0.2) is 4.98 Å². The number of likely N-dealkylation sites (tertiary alicyclic amines) is 1. The molecule has 2 aromatic rings. The Bertz CT molecular complexity index is 811. The Balaban J connectivity index is 1.71. The molecule has 0 bridgehead atoms. The molecular weight excluding hydrogens is 324 g/mol.